The summed E-state index contributed by atoms with van der Waals surface area (Å²) in [4.78, 5) is 2.66. The molecule has 0 radical (unpaired) electrons. The lowest BCUT2D eigenvalue weighted by atomic mass is 9.75. The highest BCUT2D eigenvalue weighted by atomic mass is 15.2. The molecule has 308 valence electrons. The van der Waals surface area contributed by atoms with E-state index in [0.29, 0.717) is 0 Å². The number of aromatic nitrogens is 2. The first kappa shape index (κ1) is 35.8. The monoisotopic (exact) mass is 831 g/mol. The Balaban J connectivity index is 1.09. The molecular weight excluding hydrogens is 787 g/mol. The van der Waals surface area contributed by atoms with E-state index in [9.17, 15) is 0 Å². The first-order valence-electron chi connectivity index (χ1n) is 23.5. The maximum atomic E-state index is 2.66. The Morgan fingerprint density at radius 3 is 1.78 bits per heavy atom. The molecule has 65 heavy (non-hydrogen) atoms. The molecule has 1 spiro atoms. The van der Waals surface area contributed by atoms with Gasteiger partial charge in [-0.25, -0.2) is 0 Å². The fourth-order valence-electron chi connectivity index (χ4n) is 13.5. The van der Waals surface area contributed by atoms with Crippen molar-refractivity contribution in [2.75, 3.05) is 4.90 Å². The molecule has 4 aliphatic rings. The van der Waals surface area contributed by atoms with Crippen LogP contribution in [0.25, 0.3) is 88.4 Å². The van der Waals surface area contributed by atoms with Crippen molar-refractivity contribution < 1.29 is 0 Å². The van der Waals surface area contributed by atoms with Crippen LogP contribution in [-0.4, -0.2) is 9.13 Å². The third-order valence-corrected chi connectivity index (χ3v) is 16.1. The molecule has 0 saturated heterocycles. The van der Waals surface area contributed by atoms with Gasteiger partial charge in [0, 0.05) is 60.6 Å². The van der Waals surface area contributed by atoms with Crippen LogP contribution in [0.5, 0.6) is 0 Å². The lowest BCUT2D eigenvalue weighted by molar-refractivity contribution is 0.551. The summed E-state index contributed by atoms with van der Waals surface area (Å²) >= 11 is 0. The maximum Gasteiger partial charge on any atom is 0.0624 e. The summed E-state index contributed by atoms with van der Waals surface area (Å²) in [6.45, 7) is 4.82. The fourth-order valence-corrected chi connectivity index (χ4v) is 13.5. The largest absolute Gasteiger partial charge is 0.310 e. The van der Waals surface area contributed by atoms with Crippen molar-refractivity contribution in [3.8, 4) is 44.8 Å². The van der Waals surface area contributed by atoms with Gasteiger partial charge in [0.25, 0.3) is 0 Å². The van der Waals surface area contributed by atoms with Crippen LogP contribution < -0.4 is 4.90 Å². The summed E-state index contributed by atoms with van der Waals surface area (Å²) < 4.78 is 5.08. The summed E-state index contributed by atoms with van der Waals surface area (Å²) in [5, 5.41) is 5.14. The van der Waals surface area contributed by atoms with Gasteiger partial charge >= 0.3 is 0 Å². The standard InChI is InChI=1S/C62H45N3/c1-61(2)49-25-8-3-19-41(49)42-32-31-40(36-51(42)61)63(38-17-15-18-39(35-38)64-52-27-9-4-20-43(52)44-21-5-10-28-53(44)64)56-37-48-46-23-7-12-30-55(46)65-54-29-11-6-22-45(54)47-24-16-26-50-57(47)58(60(48)65)59(56)62(50)33-13-14-34-62/h3-12,15-32,35-37H,13-14,33-34H2,1-2H3. The molecule has 3 heterocycles. The van der Waals surface area contributed by atoms with Crippen LogP contribution in [0.2, 0.25) is 0 Å². The Hall–Kier alpha value is -7.62. The smallest absolute Gasteiger partial charge is 0.0624 e. The number of para-hydroxylation sites is 4. The van der Waals surface area contributed by atoms with E-state index in [1.165, 1.54) is 129 Å². The van der Waals surface area contributed by atoms with E-state index >= 15 is 0 Å². The molecule has 3 nitrogen and oxygen atoms in total. The minimum absolute atomic E-state index is 0.118. The van der Waals surface area contributed by atoms with Gasteiger partial charge in [-0.05, 0) is 118 Å². The molecule has 3 heteroatoms. The number of anilines is 3. The SMILES string of the molecule is CC1(C)c2ccccc2-c2ccc(N(c3cccc(-n4c5ccccc5c5ccccc54)c3)c3cc4c5ccccc5n5c4c4c3C3(CCCC3)c3cccc(c3-4)-c3ccccc3-5)cc21. The second-order valence-electron chi connectivity index (χ2n) is 19.6. The van der Waals surface area contributed by atoms with Gasteiger partial charge in [0.1, 0.15) is 0 Å². The fraction of sp³-hybridized carbons (Fsp3) is 0.129. The van der Waals surface area contributed by atoms with Gasteiger partial charge in [0.05, 0.1) is 33.4 Å². The van der Waals surface area contributed by atoms with Crippen LogP contribution in [0, 0.1) is 0 Å². The molecule has 0 atom stereocenters. The normalized spacial score (nSPS) is 15.5. The zero-order valence-electron chi connectivity index (χ0n) is 36.6. The van der Waals surface area contributed by atoms with Gasteiger partial charge in [-0.2, -0.15) is 0 Å². The molecule has 0 amide bonds. The zero-order chi connectivity index (χ0) is 42.8. The lowest BCUT2D eigenvalue weighted by Gasteiger charge is -2.35. The highest BCUT2D eigenvalue weighted by Gasteiger charge is 2.50. The predicted molar refractivity (Wildman–Crippen MR) is 271 cm³/mol. The molecule has 15 rings (SSSR count). The minimum atomic E-state index is -0.153. The maximum absolute atomic E-state index is 2.66. The quantitative estimate of drug-likeness (QED) is 0.172. The highest BCUT2D eigenvalue weighted by molar-refractivity contribution is 6.21. The number of benzene rings is 9. The first-order chi connectivity index (χ1) is 32.0. The van der Waals surface area contributed by atoms with Crippen molar-refractivity contribution in [1.29, 1.82) is 0 Å². The second kappa shape index (κ2) is 12.5. The van der Waals surface area contributed by atoms with Crippen molar-refractivity contribution in [2.24, 2.45) is 0 Å². The van der Waals surface area contributed by atoms with Crippen LogP contribution in [0.15, 0.2) is 188 Å². The number of fused-ring (bicyclic) bond motifs is 14. The van der Waals surface area contributed by atoms with E-state index in [1.54, 1.807) is 0 Å². The molecule has 1 saturated carbocycles. The minimum Gasteiger partial charge on any atom is -0.310 e. The molecule has 1 aliphatic heterocycles. The average Bonchev–Trinajstić information content (AvgIpc) is 4.14. The van der Waals surface area contributed by atoms with Gasteiger partial charge in [0.2, 0.25) is 0 Å². The molecule has 2 aromatic heterocycles. The van der Waals surface area contributed by atoms with E-state index < -0.39 is 0 Å². The van der Waals surface area contributed by atoms with Crippen LogP contribution in [-0.2, 0) is 10.8 Å². The zero-order valence-corrected chi connectivity index (χ0v) is 36.6. The van der Waals surface area contributed by atoms with E-state index in [-0.39, 0.29) is 10.8 Å². The summed E-state index contributed by atoms with van der Waals surface area (Å²) in [7, 11) is 0. The Kier molecular flexibility index (Phi) is 6.91. The van der Waals surface area contributed by atoms with Gasteiger partial charge < -0.3 is 14.0 Å². The number of nitrogens with zero attached hydrogens (tertiary/aromatic N) is 3. The van der Waals surface area contributed by atoms with Crippen LogP contribution in [0.4, 0.5) is 17.1 Å². The van der Waals surface area contributed by atoms with Crippen molar-refractivity contribution in [3.05, 3.63) is 210 Å². The number of hydrogen-bond acceptors (Lipinski definition) is 1. The van der Waals surface area contributed by atoms with Gasteiger partial charge in [-0.1, -0.05) is 154 Å². The number of hydrogen-bond donors (Lipinski definition) is 0. The van der Waals surface area contributed by atoms with E-state index in [2.05, 4.69) is 216 Å². The summed E-state index contributed by atoms with van der Waals surface area (Å²) in [5.41, 5.74) is 24.8. The van der Waals surface area contributed by atoms with E-state index in [1.807, 2.05) is 0 Å². The van der Waals surface area contributed by atoms with Crippen LogP contribution in [0.3, 0.4) is 0 Å². The second-order valence-corrected chi connectivity index (χ2v) is 19.6. The first-order valence-corrected chi connectivity index (χ1v) is 23.5. The van der Waals surface area contributed by atoms with Gasteiger partial charge in [-0.15, -0.1) is 0 Å². The average molecular weight is 832 g/mol. The van der Waals surface area contributed by atoms with Gasteiger partial charge in [0.15, 0.2) is 0 Å². The number of rotatable bonds is 4. The molecule has 0 bridgehead atoms. The highest BCUT2D eigenvalue weighted by Crippen LogP contribution is 2.66. The lowest BCUT2D eigenvalue weighted by Crippen LogP contribution is -2.24. The van der Waals surface area contributed by atoms with E-state index in [0.717, 1.165) is 24.2 Å². The van der Waals surface area contributed by atoms with Crippen molar-refractivity contribution in [2.45, 2.75) is 50.4 Å². The Labute approximate surface area is 378 Å². The van der Waals surface area contributed by atoms with Crippen molar-refractivity contribution >= 4 is 60.7 Å². The van der Waals surface area contributed by atoms with Gasteiger partial charge in [-0.3, -0.25) is 0 Å². The molecule has 3 aliphatic carbocycles. The Bertz CT molecular complexity index is 3830. The van der Waals surface area contributed by atoms with Crippen LogP contribution in [0.1, 0.15) is 61.8 Å². The topological polar surface area (TPSA) is 13.1 Å². The summed E-state index contributed by atoms with van der Waals surface area (Å²) in [6.07, 6.45) is 4.71. The van der Waals surface area contributed by atoms with Crippen molar-refractivity contribution in [3.63, 3.8) is 0 Å². The third kappa shape index (κ3) is 4.46. The molecule has 11 aromatic rings. The predicted octanol–water partition coefficient (Wildman–Crippen LogP) is 16.5. The molecule has 0 N–H and O–H groups in total. The molecular formula is C62H45N3. The third-order valence-electron chi connectivity index (χ3n) is 16.1. The molecule has 9 aromatic carbocycles. The van der Waals surface area contributed by atoms with E-state index in [4.69, 9.17) is 0 Å². The molecule has 0 unspecified atom stereocenters. The summed E-state index contributed by atoms with van der Waals surface area (Å²) in [5.74, 6) is 0. The van der Waals surface area contributed by atoms with Crippen LogP contribution >= 0.6 is 0 Å². The molecule has 1 fully saturated rings. The Morgan fingerprint density at radius 1 is 0.431 bits per heavy atom. The van der Waals surface area contributed by atoms with Crippen molar-refractivity contribution in [1.82, 2.24) is 9.13 Å². The summed E-state index contributed by atoms with van der Waals surface area (Å²) in [6, 6.07) is 71.6. The Morgan fingerprint density at radius 2 is 1.02 bits per heavy atom.